The largest absolute Gasteiger partial charge is 0.396 e. The van der Waals surface area contributed by atoms with E-state index in [1.54, 1.807) is 0 Å². The van der Waals surface area contributed by atoms with Crippen LogP contribution in [0, 0.1) is 10.8 Å². The van der Waals surface area contributed by atoms with E-state index < -0.39 is 0 Å². The van der Waals surface area contributed by atoms with Crippen molar-refractivity contribution in [1.29, 1.82) is 0 Å². The number of carbonyl (C=O) groups is 1. The summed E-state index contributed by atoms with van der Waals surface area (Å²) in [6.07, 6.45) is 2.62. The summed E-state index contributed by atoms with van der Waals surface area (Å²) in [6, 6.07) is 0. The fourth-order valence-corrected chi connectivity index (χ4v) is 1.43. The van der Waals surface area contributed by atoms with E-state index in [4.69, 9.17) is 5.11 Å². The molecule has 0 rings (SSSR count). The molecule has 2 heteroatoms. The van der Waals surface area contributed by atoms with Crippen molar-refractivity contribution in [2.24, 2.45) is 10.8 Å². The zero-order valence-electron chi connectivity index (χ0n) is 8.55. The lowest BCUT2D eigenvalue weighted by Crippen LogP contribution is -2.29. The van der Waals surface area contributed by atoms with Crippen LogP contribution in [0.25, 0.3) is 0 Å². The molecule has 72 valence electrons. The predicted octanol–water partition coefficient (Wildman–Crippen LogP) is 2.01. The Morgan fingerprint density at radius 3 is 2.08 bits per heavy atom. The van der Waals surface area contributed by atoms with Gasteiger partial charge in [-0.2, -0.15) is 0 Å². The van der Waals surface area contributed by atoms with Crippen molar-refractivity contribution >= 4 is 6.29 Å². The van der Waals surface area contributed by atoms with Crippen LogP contribution in [0.4, 0.5) is 0 Å². The Bertz CT molecular complexity index is 146. The lowest BCUT2D eigenvalue weighted by Gasteiger charge is -2.32. The molecule has 0 bridgehead atoms. The molecule has 1 N–H and O–H groups in total. The number of carbonyl (C=O) groups excluding carboxylic acids is 1. The minimum Gasteiger partial charge on any atom is -0.396 e. The first-order valence-electron chi connectivity index (χ1n) is 4.46. The molecule has 0 aromatic carbocycles. The number of hydrogen-bond donors (Lipinski definition) is 1. The van der Waals surface area contributed by atoms with Crippen LogP contribution in [-0.4, -0.2) is 18.0 Å². The number of hydrogen-bond acceptors (Lipinski definition) is 2. The van der Waals surface area contributed by atoms with E-state index in [2.05, 4.69) is 0 Å². The van der Waals surface area contributed by atoms with Gasteiger partial charge < -0.3 is 9.90 Å². The highest BCUT2D eigenvalue weighted by atomic mass is 16.3. The number of rotatable bonds is 5. The van der Waals surface area contributed by atoms with Crippen molar-refractivity contribution in [3.63, 3.8) is 0 Å². The van der Waals surface area contributed by atoms with Crippen LogP contribution >= 0.6 is 0 Å². The third kappa shape index (κ3) is 3.35. The molecule has 0 saturated heterocycles. The molecule has 0 aliphatic carbocycles. The molecule has 0 radical (unpaired) electrons. The fourth-order valence-electron chi connectivity index (χ4n) is 1.43. The first-order valence-corrected chi connectivity index (χ1v) is 4.46. The number of aliphatic hydroxyl groups excluding tert-OH is 1. The van der Waals surface area contributed by atoms with Gasteiger partial charge in [0.25, 0.3) is 0 Å². The lowest BCUT2D eigenvalue weighted by atomic mass is 9.74. The Labute approximate surface area is 75.0 Å². The molecule has 0 fully saturated rings. The van der Waals surface area contributed by atoms with E-state index in [9.17, 15) is 4.79 Å². The van der Waals surface area contributed by atoms with Crippen LogP contribution in [0.5, 0.6) is 0 Å². The molecule has 0 heterocycles. The molecule has 12 heavy (non-hydrogen) atoms. The van der Waals surface area contributed by atoms with Crippen LogP contribution < -0.4 is 0 Å². The highest BCUT2D eigenvalue weighted by molar-refractivity contribution is 5.57. The molecule has 1 unspecified atom stereocenters. The molecule has 0 spiro atoms. The Morgan fingerprint density at radius 2 is 1.83 bits per heavy atom. The lowest BCUT2D eigenvalue weighted by molar-refractivity contribution is -0.116. The molecule has 0 aliphatic heterocycles. The van der Waals surface area contributed by atoms with Crippen molar-refractivity contribution < 1.29 is 9.90 Å². The summed E-state index contributed by atoms with van der Waals surface area (Å²) in [5.41, 5.74) is -0.419. The molecular formula is C10H20O2. The average molecular weight is 172 g/mol. The summed E-state index contributed by atoms with van der Waals surface area (Å²) >= 11 is 0. The molecule has 2 nitrogen and oxygen atoms in total. The second kappa shape index (κ2) is 4.04. The highest BCUT2D eigenvalue weighted by Gasteiger charge is 2.30. The standard InChI is InChI=1S/C10H20O2/c1-5-10(4,8-12)6-9(2,3)7-11/h7,12H,5-6,8H2,1-4H3. The van der Waals surface area contributed by atoms with Gasteiger partial charge in [-0.1, -0.05) is 27.7 Å². The van der Waals surface area contributed by atoms with Gasteiger partial charge in [0.15, 0.2) is 0 Å². The molecular weight excluding hydrogens is 152 g/mol. The van der Waals surface area contributed by atoms with E-state index in [1.807, 2.05) is 27.7 Å². The van der Waals surface area contributed by atoms with Gasteiger partial charge in [-0.15, -0.1) is 0 Å². The van der Waals surface area contributed by atoms with Crippen LogP contribution in [0.2, 0.25) is 0 Å². The SMILES string of the molecule is CCC(C)(CO)CC(C)(C)C=O. The Balaban J connectivity index is 4.29. The molecule has 0 aliphatic rings. The monoisotopic (exact) mass is 172 g/mol. The van der Waals surface area contributed by atoms with E-state index in [-0.39, 0.29) is 17.4 Å². The van der Waals surface area contributed by atoms with Gasteiger partial charge in [0.05, 0.1) is 0 Å². The molecule has 0 aromatic rings. The van der Waals surface area contributed by atoms with Gasteiger partial charge in [-0.3, -0.25) is 0 Å². The first kappa shape index (κ1) is 11.6. The summed E-state index contributed by atoms with van der Waals surface area (Å²) in [4.78, 5) is 10.7. The summed E-state index contributed by atoms with van der Waals surface area (Å²) in [5, 5.41) is 9.13. The Hall–Kier alpha value is -0.370. The van der Waals surface area contributed by atoms with Crippen molar-refractivity contribution in [2.45, 2.75) is 40.5 Å². The maximum Gasteiger partial charge on any atom is 0.125 e. The average Bonchev–Trinajstić information content (AvgIpc) is 2.04. The third-order valence-corrected chi connectivity index (χ3v) is 2.44. The van der Waals surface area contributed by atoms with Crippen LogP contribution in [0.1, 0.15) is 40.5 Å². The zero-order chi connectivity index (χ0) is 9.83. The maximum atomic E-state index is 10.7. The summed E-state index contributed by atoms with van der Waals surface area (Å²) in [6.45, 7) is 8.02. The van der Waals surface area contributed by atoms with Gasteiger partial charge >= 0.3 is 0 Å². The fraction of sp³-hybridized carbons (Fsp3) is 0.900. The van der Waals surface area contributed by atoms with Gasteiger partial charge in [0, 0.05) is 12.0 Å². The topological polar surface area (TPSA) is 37.3 Å². The number of aliphatic hydroxyl groups is 1. The highest BCUT2D eigenvalue weighted by Crippen LogP contribution is 2.34. The molecule has 1 atom stereocenters. The van der Waals surface area contributed by atoms with E-state index in [0.29, 0.717) is 0 Å². The summed E-state index contributed by atoms with van der Waals surface area (Å²) in [5.74, 6) is 0. The molecule has 0 saturated carbocycles. The normalized spacial score (nSPS) is 17.1. The van der Waals surface area contributed by atoms with Gasteiger partial charge in [-0.25, -0.2) is 0 Å². The third-order valence-electron chi connectivity index (χ3n) is 2.44. The first-order chi connectivity index (χ1) is 5.39. The molecule has 0 aromatic heterocycles. The van der Waals surface area contributed by atoms with E-state index in [1.165, 1.54) is 0 Å². The quantitative estimate of drug-likeness (QED) is 0.644. The number of aldehydes is 1. The second-order valence-electron chi connectivity index (χ2n) is 4.61. The van der Waals surface area contributed by atoms with Crippen molar-refractivity contribution in [1.82, 2.24) is 0 Å². The second-order valence-corrected chi connectivity index (χ2v) is 4.61. The van der Waals surface area contributed by atoms with Crippen LogP contribution in [0.15, 0.2) is 0 Å². The maximum absolute atomic E-state index is 10.7. The minimum absolute atomic E-state index is 0.107. The Morgan fingerprint density at radius 1 is 1.33 bits per heavy atom. The van der Waals surface area contributed by atoms with Crippen molar-refractivity contribution in [3.8, 4) is 0 Å². The van der Waals surface area contributed by atoms with Crippen LogP contribution in [0.3, 0.4) is 0 Å². The van der Waals surface area contributed by atoms with Crippen molar-refractivity contribution in [2.75, 3.05) is 6.61 Å². The smallest absolute Gasteiger partial charge is 0.125 e. The van der Waals surface area contributed by atoms with E-state index in [0.717, 1.165) is 19.1 Å². The van der Waals surface area contributed by atoms with Gasteiger partial charge in [0.2, 0.25) is 0 Å². The summed E-state index contributed by atoms with van der Waals surface area (Å²) in [7, 11) is 0. The minimum atomic E-state index is -0.312. The van der Waals surface area contributed by atoms with E-state index >= 15 is 0 Å². The van der Waals surface area contributed by atoms with Gasteiger partial charge in [-0.05, 0) is 18.3 Å². The predicted molar refractivity (Wildman–Crippen MR) is 49.9 cm³/mol. The zero-order valence-corrected chi connectivity index (χ0v) is 8.55. The van der Waals surface area contributed by atoms with Crippen molar-refractivity contribution in [3.05, 3.63) is 0 Å². The molecule has 0 amide bonds. The van der Waals surface area contributed by atoms with Gasteiger partial charge in [0.1, 0.15) is 6.29 Å². The Kier molecular flexibility index (Phi) is 3.91. The summed E-state index contributed by atoms with van der Waals surface area (Å²) < 4.78 is 0. The van der Waals surface area contributed by atoms with Crippen LogP contribution in [-0.2, 0) is 4.79 Å².